The third-order valence-electron chi connectivity index (χ3n) is 3.06. The largest absolute Gasteiger partial charge is 0.377 e. The molecule has 4 heteroatoms. The second-order valence-electron chi connectivity index (χ2n) is 4.55. The maximum Gasteiger partial charge on any atom is 0.242 e. The molecule has 0 atom stereocenters. The van der Waals surface area contributed by atoms with Crippen molar-refractivity contribution in [3.05, 3.63) is 0 Å². The lowest BCUT2D eigenvalue weighted by Gasteiger charge is -2.28. The highest BCUT2D eigenvalue weighted by atomic mass is 16.5. The van der Waals surface area contributed by atoms with Crippen LogP contribution in [0.5, 0.6) is 0 Å². The van der Waals surface area contributed by atoms with Gasteiger partial charge in [-0.25, -0.2) is 0 Å². The summed E-state index contributed by atoms with van der Waals surface area (Å²) >= 11 is 0. The molecule has 0 aromatic heterocycles. The zero-order chi connectivity index (χ0) is 13.5. The zero-order valence-electron chi connectivity index (χ0n) is 11.6. The van der Waals surface area contributed by atoms with Gasteiger partial charge in [-0.05, 0) is 26.7 Å². The van der Waals surface area contributed by atoms with Gasteiger partial charge in [0.15, 0.2) is 0 Å². The molecule has 17 heavy (non-hydrogen) atoms. The number of amides is 1. The van der Waals surface area contributed by atoms with Crippen LogP contribution in [0.15, 0.2) is 0 Å². The van der Waals surface area contributed by atoms with E-state index in [0.29, 0.717) is 26.0 Å². The molecule has 0 fully saturated rings. The number of rotatable bonds is 7. The molecule has 0 aliphatic carbocycles. The molecule has 98 valence electrons. The lowest BCUT2D eigenvalue weighted by molar-refractivity contribution is -0.139. The van der Waals surface area contributed by atoms with Crippen molar-refractivity contribution in [1.29, 1.82) is 5.26 Å². The van der Waals surface area contributed by atoms with Gasteiger partial charge >= 0.3 is 0 Å². The van der Waals surface area contributed by atoms with Crippen molar-refractivity contribution in [3.63, 3.8) is 0 Å². The lowest BCUT2D eigenvalue weighted by atomic mass is 9.82. The average molecular weight is 240 g/mol. The molecule has 0 aliphatic rings. The third-order valence-corrected chi connectivity index (χ3v) is 3.06. The first kappa shape index (κ1) is 15.9. The Bertz CT molecular complexity index is 278. The van der Waals surface area contributed by atoms with Crippen molar-refractivity contribution in [1.82, 2.24) is 4.90 Å². The van der Waals surface area contributed by atoms with E-state index in [1.807, 2.05) is 27.7 Å². The van der Waals surface area contributed by atoms with Crippen molar-refractivity contribution in [2.75, 3.05) is 20.2 Å². The quantitative estimate of drug-likeness (QED) is 0.685. The van der Waals surface area contributed by atoms with E-state index >= 15 is 0 Å². The van der Waals surface area contributed by atoms with Crippen molar-refractivity contribution >= 4 is 5.91 Å². The molecule has 0 aromatic carbocycles. The Morgan fingerprint density at radius 1 is 1.41 bits per heavy atom. The predicted molar refractivity (Wildman–Crippen MR) is 67.4 cm³/mol. The van der Waals surface area contributed by atoms with Gasteiger partial charge in [0.05, 0.1) is 18.8 Å². The number of nitrogens with zero attached hydrogens (tertiary/aromatic N) is 2. The summed E-state index contributed by atoms with van der Waals surface area (Å²) in [5.74, 6) is -0.0997. The van der Waals surface area contributed by atoms with Crippen LogP contribution in [0, 0.1) is 16.7 Å². The molecule has 0 saturated heterocycles. The second kappa shape index (κ2) is 7.29. The van der Waals surface area contributed by atoms with Crippen molar-refractivity contribution in [2.45, 2.75) is 46.6 Å². The van der Waals surface area contributed by atoms with Crippen LogP contribution in [0.25, 0.3) is 0 Å². The molecule has 0 spiro atoms. The van der Waals surface area contributed by atoms with E-state index in [9.17, 15) is 10.1 Å². The van der Waals surface area contributed by atoms with Crippen LogP contribution in [0.4, 0.5) is 0 Å². The minimum absolute atomic E-state index is 0.0997. The SMILES string of the molecule is CCC(C#N)(CC)C(=O)N(C)CCOC(C)C. The summed E-state index contributed by atoms with van der Waals surface area (Å²) in [6.45, 7) is 8.71. The van der Waals surface area contributed by atoms with E-state index in [1.54, 1.807) is 11.9 Å². The summed E-state index contributed by atoms with van der Waals surface area (Å²) in [6.07, 6.45) is 1.26. The molecular formula is C13H24N2O2. The molecule has 0 radical (unpaired) electrons. The van der Waals surface area contributed by atoms with Gasteiger partial charge in [-0.1, -0.05) is 13.8 Å². The third kappa shape index (κ3) is 4.35. The fourth-order valence-electron chi connectivity index (χ4n) is 1.65. The fraction of sp³-hybridized carbons (Fsp3) is 0.846. The monoisotopic (exact) mass is 240 g/mol. The summed E-state index contributed by atoms with van der Waals surface area (Å²) in [5.41, 5.74) is -0.868. The fourth-order valence-corrected chi connectivity index (χ4v) is 1.65. The maximum absolute atomic E-state index is 12.2. The topological polar surface area (TPSA) is 53.3 Å². The number of carbonyl (C=O) groups is 1. The molecule has 0 aliphatic heterocycles. The first-order chi connectivity index (χ1) is 7.93. The standard InChI is InChI=1S/C13H24N2O2/c1-6-13(7-2,10-14)12(16)15(5)8-9-17-11(3)4/h11H,6-9H2,1-5H3. The van der Waals surface area contributed by atoms with Gasteiger partial charge in [-0.3, -0.25) is 4.79 Å². The van der Waals surface area contributed by atoms with Crippen LogP contribution in [0.1, 0.15) is 40.5 Å². The first-order valence-corrected chi connectivity index (χ1v) is 6.22. The molecule has 0 unspecified atom stereocenters. The van der Waals surface area contributed by atoms with Crippen LogP contribution in [-0.2, 0) is 9.53 Å². The zero-order valence-corrected chi connectivity index (χ0v) is 11.6. The van der Waals surface area contributed by atoms with Crippen LogP contribution in [0.2, 0.25) is 0 Å². The number of nitriles is 1. The van der Waals surface area contributed by atoms with Crippen molar-refractivity contribution < 1.29 is 9.53 Å². The molecule has 1 amide bonds. The summed E-state index contributed by atoms with van der Waals surface area (Å²) in [5, 5.41) is 9.18. The van der Waals surface area contributed by atoms with E-state index in [0.717, 1.165) is 0 Å². The Balaban J connectivity index is 4.43. The van der Waals surface area contributed by atoms with Gasteiger partial charge < -0.3 is 9.64 Å². The van der Waals surface area contributed by atoms with Gasteiger partial charge in [0.1, 0.15) is 5.41 Å². The molecule has 0 N–H and O–H groups in total. The first-order valence-electron chi connectivity index (χ1n) is 6.22. The average Bonchev–Trinajstić information content (AvgIpc) is 2.31. The van der Waals surface area contributed by atoms with Gasteiger partial charge in [0.2, 0.25) is 5.91 Å². The van der Waals surface area contributed by atoms with Crippen LogP contribution in [-0.4, -0.2) is 37.1 Å². The molecular weight excluding hydrogens is 216 g/mol. The van der Waals surface area contributed by atoms with Gasteiger partial charge in [0, 0.05) is 13.6 Å². The summed E-state index contributed by atoms with van der Waals surface area (Å²) in [4.78, 5) is 13.8. The Morgan fingerprint density at radius 2 is 1.94 bits per heavy atom. The molecule has 0 heterocycles. The number of hydrogen-bond acceptors (Lipinski definition) is 3. The maximum atomic E-state index is 12.2. The van der Waals surface area contributed by atoms with Crippen molar-refractivity contribution in [3.8, 4) is 6.07 Å². The molecule has 0 rings (SSSR count). The number of carbonyl (C=O) groups excluding carboxylic acids is 1. The number of hydrogen-bond donors (Lipinski definition) is 0. The van der Waals surface area contributed by atoms with Gasteiger partial charge in [-0.15, -0.1) is 0 Å². The molecule has 0 bridgehead atoms. The summed E-state index contributed by atoms with van der Waals surface area (Å²) < 4.78 is 5.40. The van der Waals surface area contributed by atoms with Crippen LogP contribution in [0.3, 0.4) is 0 Å². The van der Waals surface area contributed by atoms with E-state index in [-0.39, 0.29) is 12.0 Å². The van der Waals surface area contributed by atoms with Gasteiger partial charge in [-0.2, -0.15) is 5.26 Å². The number of likely N-dealkylation sites (N-methyl/N-ethyl adjacent to an activating group) is 1. The highest BCUT2D eigenvalue weighted by Crippen LogP contribution is 2.27. The van der Waals surface area contributed by atoms with Gasteiger partial charge in [0.25, 0.3) is 0 Å². The van der Waals surface area contributed by atoms with E-state index in [1.165, 1.54) is 0 Å². The summed E-state index contributed by atoms with van der Waals surface area (Å²) in [6, 6.07) is 2.16. The van der Waals surface area contributed by atoms with Crippen LogP contribution >= 0.6 is 0 Å². The van der Waals surface area contributed by atoms with Crippen molar-refractivity contribution in [2.24, 2.45) is 5.41 Å². The molecule has 0 saturated carbocycles. The Morgan fingerprint density at radius 3 is 2.29 bits per heavy atom. The minimum atomic E-state index is -0.868. The Kier molecular flexibility index (Phi) is 6.82. The highest BCUT2D eigenvalue weighted by Gasteiger charge is 2.37. The summed E-state index contributed by atoms with van der Waals surface area (Å²) in [7, 11) is 1.73. The minimum Gasteiger partial charge on any atom is -0.377 e. The smallest absolute Gasteiger partial charge is 0.242 e. The Hall–Kier alpha value is -1.08. The molecule has 4 nitrogen and oxygen atoms in total. The Labute approximate surface area is 105 Å². The predicted octanol–water partition coefficient (Wildman–Crippen LogP) is 2.20. The number of ether oxygens (including phenoxy) is 1. The lowest BCUT2D eigenvalue weighted by Crippen LogP contribution is -2.42. The normalized spacial score (nSPS) is 11.4. The van der Waals surface area contributed by atoms with E-state index in [4.69, 9.17) is 4.74 Å². The van der Waals surface area contributed by atoms with Crippen LogP contribution < -0.4 is 0 Å². The highest BCUT2D eigenvalue weighted by molar-refractivity contribution is 5.85. The van der Waals surface area contributed by atoms with E-state index < -0.39 is 5.41 Å². The second-order valence-corrected chi connectivity index (χ2v) is 4.55. The molecule has 0 aromatic rings. The van der Waals surface area contributed by atoms with E-state index in [2.05, 4.69) is 6.07 Å².